The monoisotopic (exact) mass is 1070 g/mol. The molecule has 1 saturated heterocycles. The highest BCUT2D eigenvalue weighted by molar-refractivity contribution is 7.61. The number of allylic oxidation sites excluding steroid dienone is 14. The van der Waals surface area contributed by atoms with Gasteiger partial charge in [-0.25, -0.2) is 13.9 Å². The zero-order chi connectivity index (χ0) is 53.6. The van der Waals surface area contributed by atoms with Gasteiger partial charge in [-0.2, -0.15) is 9.29 Å². The van der Waals surface area contributed by atoms with Gasteiger partial charge in [0.05, 0.1) is 19.3 Å². The minimum Gasteiger partial charge on any atom is -0.462 e. The van der Waals surface area contributed by atoms with Gasteiger partial charge in [-0.15, -0.1) is 0 Å². The number of unbranched alkanes of at least 4 members (excludes halogenated alkanes) is 9. The largest absolute Gasteiger partial charge is 0.481 e. The first kappa shape index (κ1) is 64.8. The van der Waals surface area contributed by atoms with E-state index in [-0.39, 0.29) is 25.1 Å². The lowest BCUT2D eigenvalue weighted by Crippen LogP contribution is -2.36. The van der Waals surface area contributed by atoms with E-state index < -0.39 is 89.8 Å². The predicted octanol–water partition coefficient (Wildman–Crippen LogP) is 9.41. The van der Waals surface area contributed by atoms with Gasteiger partial charge >= 0.3 is 33.3 Å². The average molecular weight is 1070 g/mol. The number of carbonyl (C=O) groups excluding carboxylic acids is 2. The molecule has 1 aliphatic heterocycles. The number of ether oxygens (including phenoxy) is 3. The number of anilines is 1. The van der Waals surface area contributed by atoms with Crippen LogP contribution in [-0.4, -0.2) is 96.9 Å². The number of phosphoric ester groups is 2. The van der Waals surface area contributed by atoms with Gasteiger partial charge in [0.25, 0.3) is 0 Å². The first-order valence-corrected chi connectivity index (χ1v) is 28.4. The Bertz CT molecular complexity index is 2120. The lowest BCUT2D eigenvalue weighted by molar-refractivity contribution is -0.161. The van der Waals surface area contributed by atoms with E-state index in [1.165, 1.54) is 31.7 Å². The molecule has 0 bridgehead atoms. The second-order valence-corrected chi connectivity index (χ2v) is 20.2. The van der Waals surface area contributed by atoms with Crippen LogP contribution >= 0.6 is 15.6 Å². The van der Waals surface area contributed by atoms with Gasteiger partial charge in [0, 0.05) is 19.0 Å². The third-order valence-electron chi connectivity index (χ3n) is 10.8. The van der Waals surface area contributed by atoms with E-state index in [0.717, 1.165) is 75.0 Å². The van der Waals surface area contributed by atoms with Gasteiger partial charge in [0.15, 0.2) is 12.3 Å². The second kappa shape index (κ2) is 39.1. The Morgan fingerprint density at radius 1 is 0.740 bits per heavy atom. The van der Waals surface area contributed by atoms with Gasteiger partial charge in [-0.1, -0.05) is 150 Å². The molecule has 2 rings (SSSR count). The molecule has 8 atom stereocenters. The Morgan fingerprint density at radius 3 is 2.03 bits per heavy atom. The van der Waals surface area contributed by atoms with Gasteiger partial charge in [0.2, 0.25) is 0 Å². The molecule has 73 heavy (non-hydrogen) atoms. The molecule has 1 fully saturated rings. The maximum absolute atomic E-state index is 12.9. The number of aliphatic hydroxyl groups excluding tert-OH is 3. The normalized spacial score (nSPS) is 20.2. The van der Waals surface area contributed by atoms with Crippen molar-refractivity contribution in [3.8, 4) is 0 Å². The maximum Gasteiger partial charge on any atom is 0.481 e. The second-order valence-electron chi connectivity index (χ2n) is 17.2. The molecule has 0 aromatic carbocycles. The van der Waals surface area contributed by atoms with Crippen LogP contribution in [0.1, 0.15) is 142 Å². The lowest BCUT2D eigenvalue weighted by Gasteiger charge is -2.21. The predicted molar refractivity (Wildman–Crippen MR) is 281 cm³/mol. The molecule has 7 N–H and O–H groups in total. The van der Waals surface area contributed by atoms with Crippen LogP contribution in [-0.2, 0) is 46.3 Å². The molecular weight excluding hydrogens is 985 g/mol. The smallest absolute Gasteiger partial charge is 0.462 e. The van der Waals surface area contributed by atoms with Gasteiger partial charge in [-0.05, 0) is 76.7 Å². The summed E-state index contributed by atoms with van der Waals surface area (Å²) in [6, 6.07) is 1.23. The van der Waals surface area contributed by atoms with Crippen molar-refractivity contribution in [3.05, 3.63) is 120 Å². The van der Waals surface area contributed by atoms with E-state index in [9.17, 15) is 48.6 Å². The van der Waals surface area contributed by atoms with Crippen LogP contribution in [0.3, 0.4) is 0 Å². The molecule has 1 aromatic rings. The Labute approximate surface area is 431 Å². The molecule has 0 radical (unpaired) electrons. The molecule has 21 heteroatoms. The lowest BCUT2D eigenvalue weighted by atomic mass is 10.1. The summed E-state index contributed by atoms with van der Waals surface area (Å²) < 4.78 is 56.6. The highest BCUT2D eigenvalue weighted by atomic mass is 31.3. The summed E-state index contributed by atoms with van der Waals surface area (Å²) in [5.74, 6) is -1.52. The fourth-order valence-electron chi connectivity index (χ4n) is 6.82. The minimum atomic E-state index is -5.47. The average Bonchev–Trinajstić information content (AvgIpc) is 3.62. The van der Waals surface area contributed by atoms with Crippen LogP contribution < -0.4 is 11.4 Å². The molecule has 3 unspecified atom stereocenters. The van der Waals surface area contributed by atoms with Crippen molar-refractivity contribution in [2.45, 2.75) is 173 Å². The molecule has 0 spiro atoms. The van der Waals surface area contributed by atoms with Crippen molar-refractivity contribution in [2.24, 2.45) is 0 Å². The van der Waals surface area contributed by atoms with E-state index in [1.54, 1.807) is 24.3 Å². The Morgan fingerprint density at radius 2 is 1.36 bits per heavy atom. The number of nitrogens with zero attached hydrogens (tertiary/aromatic N) is 2. The minimum absolute atomic E-state index is 0.0102. The molecule has 0 saturated carbocycles. The van der Waals surface area contributed by atoms with Crippen LogP contribution in [0.2, 0.25) is 0 Å². The van der Waals surface area contributed by atoms with Crippen LogP contribution in [0.25, 0.3) is 0 Å². The zero-order valence-electron chi connectivity index (χ0n) is 42.5. The van der Waals surface area contributed by atoms with Crippen molar-refractivity contribution in [1.29, 1.82) is 0 Å². The quantitative estimate of drug-likeness (QED) is 0.0117. The summed E-state index contributed by atoms with van der Waals surface area (Å²) in [4.78, 5) is 61.9. The fourth-order valence-corrected chi connectivity index (χ4v) is 8.93. The number of phosphoric acid groups is 2. The van der Waals surface area contributed by atoms with Crippen molar-refractivity contribution < 1.29 is 71.4 Å². The van der Waals surface area contributed by atoms with Crippen molar-refractivity contribution >= 4 is 33.4 Å². The molecule has 0 amide bonds. The zero-order valence-corrected chi connectivity index (χ0v) is 44.3. The van der Waals surface area contributed by atoms with Crippen molar-refractivity contribution in [3.63, 3.8) is 0 Å². The first-order valence-electron chi connectivity index (χ1n) is 25.4. The number of nitrogens with two attached hydrogens (primary N) is 1. The molecular formula is C52H81N3O16P2. The molecule has 2 heterocycles. The highest BCUT2D eigenvalue weighted by Gasteiger charge is 2.46. The van der Waals surface area contributed by atoms with E-state index in [0.29, 0.717) is 12.8 Å². The van der Waals surface area contributed by atoms with E-state index >= 15 is 0 Å². The molecule has 19 nitrogen and oxygen atoms in total. The molecule has 0 aliphatic carbocycles. The summed E-state index contributed by atoms with van der Waals surface area (Å²) in [6.07, 6.45) is 39.5. The third kappa shape index (κ3) is 31.9. The van der Waals surface area contributed by atoms with Crippen molar-refractivity contribution in [1.82, 2.24) is 9.55 Å². The van der Waals surface area contributed by atoms with Gasteiger partial charge in [-0.3, -0.25) is 23.2 Å². The standard InChI is InChI=1S/C52H81N3O16P2/c1-3-5-7-9-11-13-15-17-18-20-22-24-26-28-32-37-48(58)69-44(40-66-47(57)36-33-29-31-35-43(56)34-30-27-25-23-21-19-16-14-12-10-8-6-4-2)41-67-72(62,63)71-73(64,65)68-42-45-49(59)50(60)51(70-45)55-39-38-46(53)54-52(55)61/h6,8,12-15,17-19,21,25,27,29-31,34,38-39,43-45,49-51,56,59-60H,3-5,7,9-11,16,20,22-24,26,28,32-33,35-37,40-42H2,1-2H3,(H,62,63)(H,64,65)(H2,53,54,61)/b8-6-,14-12-,15-13-,18-17-,21-19-,27-25-,31-29-,34-30-/t43?,44-,45-,49-,50-,51-/m1/s1. The number of carbonyl (C=O) groups is 2. The molecule has 410 valence electrons. The topological polar surface area (TPSA) is 286 Å². The Kier molecular flexibility index (Phi) is 34.7. The number of hydrogen-bond acceptors (Lipinski definition) is 16. The van der Waals surface area contributed by atoms with E-state index in [1.807, 2.05) is 12.2 Å². The number of nitrogen functional groups attached to an aromatic ring is 1. The summed E-state index contributed by atoms with van der Waals surface area (Å²) in [6.45, 7) is 1.82. The van der Waals surface area contributed by atoms with Crippen LogP contribution in [0.5, 0.6) is 0 Å². The van der Waals surface area contributed by atoms with Gasteiger partial charge < -0.3 is 45.1 Å². The molecule has 1 aliphatic rings. The van der Waals surface area contributed by atoms with E-state index in [2.05, 4.69) is 83.9 Å². The Hall–Kier alpha value is -4.36. The number of aromatic nitrogens is 2. The SMILES string of the molecule is CC/C=C\C/C=C\C/C=C\C/C=C\C=C/C(O)C/C=C\CCC(=O)OC[C@H](COP(=O)(O)OP(=O)(O)OC[C@H]1O[C@@H](n2ccc(N)nc2=O)[C@H](O)[C@@H]1O)OC(=O)CCCCCCC/C=C\C=C/CCCCCC. The maximum atomic E-state index is 12.9. The fraction of sp³-hybridized carbons (Fsp3) is 0.577. The van der Waals surface area contributed by atoms with Crippen molar-refractivity contribution in [2.75, 3.05) is 25.6 Å². The number of aliphatic hydroxyl groups is 3. The van der Waals surface area contributed by atoms with Crippen LogP contribution in [0.4, 0.5) is 5.82 Å². The number of hydrogen-bond donors (Lipinski definition) is 6. The molecule has 1 aromatic heterocycles. The summed E-state index contributed by atoms with van der Waals surface area (Å²) in [5, 5.41) is 31.2. The van der Waals surface area contributed by atoms with Crippen LogP contribution in [0.15, 0.2) is 114 Å². The first-order chi connectivity index (χ1) is 35.1. The highest BCUT2D eigenvalue weighted by Crippen LogP contribution is 2.60. The van der Waals surface area contributed by atoms with Gasteiger partial charge in [0.1, 0.15) is 30.7 Å². The van der Waals surface area contributed by atoms with E-state index in [4.69, 9.17) is 29.0 Å². The summed E-state index contributed by atoms with van der Waals surface area (Å²) >= 11 is 0. The number of esters is 2. The third-order valence-corrected chi connectivity index (χ3v) is 13.4. The summed E-state index contributed by atoms with van der Waals surface area (Å²) in [5.41, 5.74) is 4.57. The number of rotatable bonds is 40. The van der Waals surface area contributed by atoms with Crippen LogP contribution in [0, 0.1) is 0 Å². The Balaban J connectivity index is 1.87. The summed E-state index contributed by atoms with van der Waals surface area (Å²) in [7, 11) is -10.9.